The molecule has 0 unspecified atom stereocenters. The number of Topliss-reactive ketones (excluding diaryl/α,β-unsaturated/α-hetero) is 1. The number of hydrogen-bond donors (Lipinski definition) is 1. The van der Waals surface area contributed by atoms with Crippen LogP contribution >= 0.6 is 0 Å². The monoisotopic (exact) mass is 221 g/mol. The number of rotatable bonds is 4. The Morgan fingerprint density at radius 2 is 2.25 bits per heavy atom. The molecule has 0 amide bonds. The third-order valence-corrected chi connectivity index (χ3v) is 1.92. The van der Waals surface area contributed by atoms with Gasteiger partial charge in [0, 0.05) is 18.1 Å². The van der Waals surface area contributed by atoms with Crippen LogP contribution < -0.4 is 0 Å². The molecular formula is C11H11NO4. The zero-order valence-corrected chi connectivity index (χ0v) is 8.71. The molecule has 1 N–H and O–H groups in total. The molecule has 5 heteroatoms. The Kier molecular flexibility index (Phi) is 3.77. The Balaban J connectivity index is 2.99. The third-order valence-electron chi connectivity index (χ3n) is 1.92. The fourth-order valence-electron chi connectivity index (χ4n) is 1.28. The van der Waals surface area contributed by atoms with Crippen LogP contribution in [0.5, 0.6) is 5.75 Å². The van der Waals surface area contributed by atoms with Gasteiger partial charge in [0.2, 0.25) is 6.20 Å². The lowest BCUT2D eigenvalue weighted by atomic mass is 10.1. The van der Waals surface area contributed by atoms with Crippen LogP contribution in [-0.2, 0) is 11.2 Å². The second-order valence-electron chi connectivity index (χ2n) is 3.37. The predicted molar refractivity (Wildman–Crippen MR) is 58.5 cm³/mol. The molecule has 0 fully saturated rings. The van der Waals surface area contributed by atoms with E-state index in [1.165, 1.54) is 19.1 Å². The summed E-state index contributed by atoms with van der Waals surface area (Å²) in [7, 11) is 0. The van der Waals surface area contributed by atoms with E-state index in [9.17, 15) is 20.0 Å². The van der Waals surface area contributed by atoms with Crippen molar-refractivity contribution in [3.63, 3.8) is 0 Å². The van der Waals surface area contributed by atoms with Crippen LogP contribution in [0.25, 0.3) is 6.08 Å². The van der Waals surface area contributed by atoms with Crippen LogP contribution in [0.1, 0.15) is 18.1 Å². The zero-order chi connectivity index (χ0) is 12.1. The summed E-state index contributed by atoms with van der Waals surface area (Å²) >= 11 is 0. The van der Waals surface area contributed by atoms with Gasteiger partial charge in [-0.25, -0.2) is 0 Å². The SMILES string of the molecule is CC(=O)Cc1ccc(O)c(/C=C/[N+](=O)[O-])c1. The largest absolute Gasteiger partial charge is 0.507 e. The number of phenolic OH excluding ortho intramolecular Hbond substituents is 1. The van der Waals surface area contributed by atoms with E-state index in [2.05, 4.69) is 0 Å². The maximum atomic E-state index is 10.9. The van der Waals surface area contributed by atoms with E-state index >= 15 is 0 Å². The molecule has 0 aliphatic rings. The quantitative estimate of drug-likeness (QED) is 0.620. The molecule has 0 aliphatic heterocycles. The van der Waals surface area contributed by atoms with Gasteiger partial charge >= 0.3 is 0 Å². The fourth-order valence-corrected chi connectivity index (χ4v) is 1.28. The average molecular weight is 221 g/mol. The topological polar surface area (TPSA) is 80.4 Å². The summed E-state index contributed by atoms with van der Waals surface area (Å²) in [4.78, 5) is 20.4. The molecule has 0 bridgehead atoms. The number of nitro groups is 1. The number of carbonyl (C=O) groups excluding carboxylic acids is 1. The van der Waals surface area contributed by atoms with E-state index in [4.69, 9.17) is 0 Å². The van der Waals surface area contributed by atoms with E-state index in [0.29, 0.717) is 11.1 Å². The number of phenols is 1. The average Bonchev–Trinajstić information content (AvgIpc) is 2.18. The van der Waals surface area contributed by atoms with Crippen molar-refractivity contribution in [1.29, 1.82) is 0 Å². The molecule has 5 nitrogen and oxygen atoms in total. The Morgan fingerprint density at radius 3 is 2.81 bits per heavy atom. The summed E-state index contributed by atoms with van der Waals surface area (Å²) in [6.45, 7) is 1.46. The normalized spacial score (nSPS) is 10.6. The number of aromatic hydroxyl groups is 1. The molecule has 0 aliphatic carbocycles. The van der Waals surface area contributed by atoms with E-state index < -0.39 is 4.92 Å². The van der Waals surface area contributed by atoms with E-state index in [0.717, 1.165) is 6.20 Å². The van der Waals surface area contributed by atoms with Crippen LogP contribution in [0, 0.1) is 10.1 Å². The zero-order valence-electron chi connectivity index (χ0n) is 8.71. The predicted octanol–water partition coefficient (Wildman–Crippen LogP) is 1.77. The molecule has 1 rings (SSSR count). The summed E-state index contributed by atoms with van der Waals surface area (Å²) in [6.07, 6.45) is 2.19. The van der Waals surface area contributed by atoms with Crippen molar-refractivity contribution in [1.82, 2.24) is 0 Å². The number of benzene rings is 1. The Morgan fingerprint density at radius 1 is 1.56 bits per heavy atom. The summed E-state index contributed by atoms with van der Waals surface area (Å²) in [5, 5.41) is 19.6. The van der Waals surface area contributed by atoms with Gasteiger partial charge in [-0.05, 0) is 24.6 Å². The van der Waals surface area contributed by atoms with Crippen molar-refractivity contribution < 1.29 is 14.8 Å². The van der Waals surface area contributed by atoms with Gasteiger partial charge in [-0.3, -0.25) is 14.9 Å². The van der Waals surface area contributed by atoms with Gasteiger partial charge in [-0.15, -0.1) is 0 Å². The van der Waals surface area contributed by atoms with Crippen LogP contribution in [0.2, 0.25) is 0 Å². The van der Waals surface area contributed by atoms with Gasteiger partial charge in [-0.1, -0.05) is 6.07 Å². The molecule has 0 radical (unpaired) electrons. The Hall–Kier alpha value is -2.17. The molecule has 84 valence electrons. The number of ketones is 1. The van der Waals surface area contributed by atoms with E-state index in [1.807, 2.05) is 0 Å². The molecule has 1 aromatic rings. The molecule has 0 aromatic heterocycles. The van der Waals surface area contributed by atoms with E-state index in [-0.39, 0.29) is 18.0 Å². The van der Waals surface area contributed by atoms with Gasteiger partial charge in [-0.2, -0.15) is 0 Å². The first kappa shape index (κ1) is 11.9. The standard InChI is InChI=1S/C11H11NO4/c1-8(13)6-9-2-3-11(14)10(7-9)4-5-12(15)16/h2-5,7,14H,6H2,1H3/b5-4+. The Bertz CT molecular complexity index is 451. The van der Waals surface area contributed by atoms with Crippen molar-refractivity contribution in [2.45, 2.75) is 13.3 Å². The molecular weight excluding hydrogens is 210 g/mol. The third kappa shape index (κ3) is 3.53. The van der Waals surface area contributed by atoms with Crippen molar-refractivity contribution in [2.24, 2.45) is 0 Å². The molecule has 0 saturated heterocycles. The Labute approximate surface area is 92.2 Å². The molecule has 0 heterocycles. The van der Waals surface area contributed by atoms with Gasteiger partial charge in [0.25, 0.3) is 0 Å². The van der Waals surface area contributed by atoms with Crippen LogP contribution in [0.3, 0.4) is 0 Å². The van der Waals surface area contributed by atoms with Gasteiger partial charge in [0.15, 0.2) is 0 Å². The fraction of sp³-hybridized carbons (Fsp3) is 0.182. The minimum atomic E-state index is -0.614. The van der Waals surface area contributed by atoms with Crippen LogP contribution in [-0.4, -0.2) is 15.8 Å². The van der Waals surface area contributed by atoms with Crippen LogP contribution in [0.15, 0.2) is 24.4 Å². The highest BCUT2D eigenvalue weighted by atomic mass is 16.6. The first-order chi connectivity index (χ1) is 7.49. The lowest BCUT2D eigenvalue weighted by molar-refractivity contribution is -0.400. The highest BCUT2D eigenvalue weighted by Gasteiger charge is 2.03. The van der Waals surface area contributed by atoms with Crippen molar-refractivity contribution >= 4 is 11.9 Å². The summed E-state index contributed by atoms with van der Waals surface area (Å²) < 4.78 is 0. The minimum absolute atomic E-state index is 0.00473. The smallest absolute Gasteiger partial charge is 0.235 e. The molecule has 1 aromatic carbocycles. The van der Waals surface area contributed by atoms with Gasteiger partial charge in [0.1, 0.15) is 11.5 Å². The summed E-state index contributed by atoms with van der Waals surface area (Å²) in [5.41, 5.74) is 1.05. The molecule has 0 saturated carbocycles. The summed E-state index contributed by atoms with van der Waals surface area (Å²) in [5.74, 6) is -0.0553. The number of nitrogens with zero attached hydrogens (tertiary/aromatic N) is 1. The van der Waals surface area contributed by atoms with E-state index in [1.54, 1.807) is 12.1 Å². The first-order valence-electron chi connectivity index (χ1n) is 4.62. The van der Waals surface area contributed by atoms with Crippen molar-refractivity contribution in [3.8, 4) is 5.75 Å². The number of carbonyl (C=O) groups is 1. The second-order valence-corrected chi connectivity index (χ2v) is 3.37. The summed E-state index contributed by atoms with van der Waals surface area (Å²) in [6, 6.07) is 4.58. The lowest BCUT2D eigenvalue weighted by Crippen LogP contribution is -1.96. The second kappa shape index (κ2) is 5.06. The molecule has 0 spiro atoms. The number of hydrogen-bond acceptors (Lipinski definition) is 4. The maximum Gasteiger partial charge on any atom is 0.235 e. The lowest BCUT2D eigenvalue weighted by Gasteiger charge is -2.02. The molecule has 0 atom stereocenters. The van der Waals surface area contributed by atoms with Crippen molar-refractivity contribution in [2.75, 3.05) is 0 Å². The minimum Gasteiger partial charge on any atom is -0.507 e. The molecule has 16 heavy (non-hydrogen) atoms. The highest BCUT2D eigenvalue weighted by Crippen LogP contribution is 2.20. The van der Waals surface area contributed by atoms with Crippen LogP contribution in [0.4, 0.5) is 0 Å². The van der Waals surface area contributed by atoms with Gasteiger partial charge < -0.3 is 5.11 Å². The van der Waals surface area contributed by atoms with Gasteiger partial charge in [0.05, 0.1) is 4.92 Å². The maximum absolute atomic E-state index is 10.9. The van der Waals surface area contributed by atoms with Crippen molar-refractivity contribution in [3.05, 3.63) is 45.6 Å². The highest BCUT2D eigenvalue weighted by molar-refractivity contribution is 5.78. The first-order valence-corrected chi connectivity index (χ1v) is 4.62.